The number of carbonyl (C=O) groups is 2. The highest BCUT2D eigenvalue weighted by Crippen LogP contribution is 2.42. The summed E-state index contributed by atoms with van der Waals surface area (Å²) in [7, 11) is 0. The molecular formula is C20H18N4O3S. The molecule has 0 radical (unpaired) electrons. The number of pyridine rings is 1. The Bertz CT molecular complexity index is 1200. The molecule has 28 heavy (non-hydrogen) atoms. The number of amides is 3. The Balaban J connectivity index is 1.52. The van der Waals surface area contributed by atoms with Crippen LogP contribution in [0.4, 0.5) is 4.79 Å². The second kappa shape index (κ2) is 6.00. The number of fused-ring (bicyclic) bond motifs is 3. The molecule has 3 aromatic rings. The van der Waals surface area contributed by atoms with Crippen LogP contribution in [0.1, 0.15) is 34.5 Å². The van der Waals surface area contributed by atoms with Crippen molar-refractivity contribution in [1.29, 1.82) is 0 Å². The normalized spacial score (nSPS) is 21.4. The number of imide groups is 1. The van der Waals surface area contributed by atoms with E-state index in [1.165, 1.54) is 15.4 Å². The van der Waals surface area contributed by atoms with Gasteiger partial charge < -0.3 is 5.32 Å². The van der Waals surface area contributed by atoms with Crippen molar-refractivity contribution in [3.05, 3.63) is 67.9 Å². The summed E-state index contributed by atoms with van der Waals surface area (Å²) in [6.07, 6.45) is 4.04. The molecule has 0 saturated carbocycles. The predicted molar refractivity (Wildman–Crippen MR) is 104 cm³/mol. The highest BCUT2D eigenvalue weighted by Gasteiger charge is 2.54. The summed E-state index contributed by atoms with van der Waals surface area (Å²) in [5.41, 5.74) is 1.57. The molecular weight excluding hydrogens is 376 g/mol. The quantitative estimate of drug-likeness (QED) is 0.677. The highest BCUT2D eigenvalue weighted by molar-refractivity contribution is 7.10. The van der Waals surface area contributed by atoms with Gasteiger partial charge in [0.15, 0.2) is 0 Å². The van der Waals surface area contributed by atoms with Gasteiger partial charge in [0.25, 0.3) is 11.5 Å². The van der Waals surface area contributed by atoms with Crippen molar-refractivity contribution in [3.8, 4) is 0 Å². The lowest BCUT2D eigenvalue weighted by atomic mass is 9.80. The fourth-order valence-electron chi connectivity index (χ4n) is 4.18. The molecule has 1 spiro atoms. The molecule has 3 amide bonds. The van der Waals surface area contributed by atoms with Gasteiger partial charge in [-0.25, -0.2) is 9.78 Å². The van der Waals surface area contributed by atoms with Crippen molar-refractivity contribution in [2.75, 3.05) is 0 Å². The van der Waals surface area contributed by atoms with E-state index in [0.29, 0.717) is 17.8 Å². The maximum Gasteiger partial charge on any atom is 0.325 e. The Labute approximate surface area is 164 Å². The lowest BCUT2D eigenvalue weighted by Gasteiger charge is -2.31. The predicted octanol–water partition coefficient (Wildman–Crippen LogP) is 2.35. The average Bonchev–Trinajstić information content (AvgIpc) is 3.22. The van der Waals surface area contributed by atoms with E-state index in [-0.39, 0.29) is 18.0 Å². The van der Waals surface area contributed by atoms with Gasteiger partial charge in [0.1, 0.15) is 11.2 Å². The van der Waals surface area contributed by atoms with Crippen molar-refractivity contribution in [1.82, 2.24) is 19.6 Å². The second-order valence-corrected chi connectivity index (χ2v) is 8.36. The van der Waals surface area contributed by atoms with Crippen LogP contribution in [0.15, 0.2) is 40.6 Å². The molecule has 7 nitrogen and oxygen atoms in total. The molecule has 1 aliphatic carbocycles. The Hall–Kier alpha value is -3.00. The first-order valence-electron chi connectivity index (χ1n) is 9.18. The first-order chi connectivity index (χ1) is 13.5. The van der Waals surface area contributed by atoms with E-state index in [1.807, 2.05) is 24.4 Å². The van der Waals surface area contributed by atoms with E-state index in [9.17, 15) is 14.4 Å². The van der Waals surface area contributed by atoms with Gasteiger partial charge in [-0.3, -0.25) is 18.9 Å². The zero-order valence-electron chi connectivity index (χ0n) is 15.3. The monoisotopic (exact) mass is 394 g/mol. The van der Waals surface area contributed by atoms with Crippen LogP contribution in [0.5, 0.6) is 0 Å². The van der Waals surface area contributed by atoms with Gasteiger partial charge in [-0.05, 0) is 55.3 Å². The van der Waals surface area contributed by atoms with Crippen LogP contribution >= 0.6 is 11.3 Å². The molecule has 4 heterocycles. The van der Waals surface area contributed by atoms with E-state index in [4.69, 9.17) is 0 Å². The van der Waals surface area contributed by atoms with Crippen molar-refractivity contribution >= 4 is 28.9 Å². The molecule has 1 atom stereocenters. The van der Waals surface area contributed by atoms with Crippen LogP contribution in [0.3, 0.4) is 0 Å². The summed E-state index contributed by atoms with van der Waals surface area (Å²) in [4.78, 5) is 45.2. The van der Waals surface area contributed by atoms with Crippen molar-refractivity contribution in [2.45, 2.75) is 38.3 Å². The number of nitrogens with zero attached hydrogens (tertiary/aromatic N) is 3. The highest BCUT2D eigenvalue weighted by atomic mass is 32.1. The minimum Gasteiger partial charge on any atom is -0.319 e. The van der Waals surface area contributed by atoms with E-state index in [2.05, 4.69) is 10.3 Å². The van der Waals surface area contributed by atoms with Crippen molar-refractivity contribution < 1.29 is 9.59 Å². The number of hydrogen-bond donors (Lipinski definition) is 1. The first kappa shape index (κ1) is 17.1. The van der Waals surface area contributed by atoms with Crippen molar-refractivity contribution in [2.24, 2.45) is 0 Å². The number of urea groups is 1. The van der Waals surface area contributed by atoms with Gasteiger partial charge in [0.2, 0.25) is 0 Å². The van der Waals surface area contributed by atoms with Crippen LogP contribution in [0.2, 0.25) is 0 Å². The van der Waals surface area contributed by atoms with Gasteiger partial charge in [0.05, 0.1) is 12.2 Å². The molecule has 1 N–H and O–H groups in total. The molecule has 8 heteroatoms. The smallest absolute Gasteiger partial charge is 0.319 e. The third kappa shape index (κ3) is 2.41. The topological polar surface area (TPSA) is 83.8 Å². The Morgan fingerprint density at radius 2 is 2.11 bits per heavy atom. The summed E-state index contributed by atoms with van der Waals surface area (Å²) in [6.45, 7) is 1.90. The lowest BCUT2D eigenvalue weighted by Crippen LogP contribution is -2.46. The molecule has 142 valence electrons. The van der Waals surface area contributed by atoms with Gasteiger partial charge in [-0.15, -0.1) is 11.3 Å². The summed E-state index contributed by atoms with van der Waals surface area (Å²) in [5.74, 6) is -0.261. The van der Waals surface area contributed by atoms with E-state index in [0.717, 1.165) is 28.8 Å². The first-order valence-corrected chi connectivity index (χ1v) is 10.1. The molecule has 0 aromatic carbocycles. The summed E-state index contributed by atoms with van der Waals surface area (Å²) in [6, 6.07) is 6.51. The van der Waals surface area contributed by atoms with E-state index in [1.54, 1.807) is 23.6 Å². The second-order valence-electron chi connectivity index (χ2n) is 7.36. The average molecular weight is 394 g/mol. The van der Waals surface area contributed by atoms with Crippen LogP contribution in [0, 0.1) is 6.92 Å². The summed E-state index contributed by atoms with van der Waals surface area (Å²) in [5, 5.41) is 4.89. The Morgan fingerprint density at radius 1 is 1.25 bits per heavy atom. The molecule has 5 rings (SSSR count). The third-order valence-electron chi connectivity index (χ3n) is 5.53. The van der Waals surface area contributed by atoms with E-state index >= 15 is 0 Å². The van der Waals surface area contributed by atoms with E-state index < -0.39 is 11.6 Å². The Kier molecular flexibility index (Phi) is 3.67. The van der Waals surface area contributed by atoms with Crippen molar-refractivity contribution in [3.63, 3.8) is 0 Å². The maximum absolute atomic E-state index is 13.3. The molecule has 2 aliphatic rings. The molecule has 1 aliphatic heterocycles. The lowest BCUT2D eigenvalue weighted by molar-refractivity contribution is -0.132. The van der Waals surface area contributed by atoms with Crippen LogP contribution in [0.25, 0.3) is 5.65 Å². The fourth-order valence-corrected chi connectivity index (χ4v) is 5.18. The number of hydrogen-bond acceptors (Lipinski definition) is 5. The Morgan fingerprint density at radius 3 is 2.96 bits per heavy atom. The number of nitrogens with one attached hydrogen (secondary N) is 1. The zero-order valence-corrected chi connectivity index (χ0v) is 16.1. The van der Waals surface area contributed by atoms with Gasteiger partial charge in [0, 0.05) is 22.7 Å². The number of carbonyl (C=O) groups excluding carboxylic acids is 2. The standard InChI is InChI=1S/C20H18N4O3S/c1-12-4-7-23-16(9-12)21-13(10-17(23)25)11-24-18(26)20(22-19(24)27)6-2-3-15-14(20)5-8-28-15/h4-5,7-10H,2-3,6,11H2,1H3,(H,22,27). The molecule has 0 bridgehead atoms. The number of rotatable bonds is 2. The summed E-state index contributed by atoms with van der Waals surface area (Å²) >= 11 is 1.62. The molecule has 1 saturated heterocycles. The number of thiophene rings is 1. The minimum atomic E-state index is -0.979. The molecule has 3 aromatic heterocycles. The zero-order chi connectivity index (χ0) is 19.5. The van der Waals surface area contributed by atoms with Crippen LogP contribution in [-0.2, 0) is 23.3 Å². The maximum atomic E-state index is 13.3. The van der Waals surface area contributed by atoms with Gasteiger partial charge in [-0.2, -0.15) is 0 Å². The molecule has 1 fully saturated rings. The molecule has 1 unspecified atom stereocenters. The SMILES string of the molecule is Cc1ccn2c(=O)cc(CN3C(=O)NC4(CCCc5sccc54)C3=O)nc2c1. The summed E-state index contributed by atoms with van der Waals surface area (Å²) < 4.78 is 1.45. The van der Waals surface area contributed by atoms with Gasteiger partial charge >= 0.3 is 6.03 Å². The third-order valence-corrected chi connectivity index (χ3v) is 6.51. The largest absolute Gasteiger partial charge is 0.325 e. The van der Waals surface area contributed by atoms with Gasteiger partial charge in [-0.1, -0.05) is 0 Å². The van der Waals surface area contributed by atoms with Crippen LogP contribution < -0.4 is 10.9 Å². The fraction of sp³-hybridized carbons (Fsp3) is 0.300. The number of aromatic nitrogens is 2. The minimum absolute atomic E-state index is 0.0223. The van der Waals surface area contributed by atoms with Crippen LogP contribution in [-0.4, -0.2) is 26.2 Å². The number of aryl methyl sites for hydroxylation is 2.